The van der Waals surface area contributed by atoms with E-state index in [0.29, 0.717) is 14.6 Å². The summed E-state index contributed by atoms with van der Waals surface area (Å²) in [4.78, 5) is -0.212. The van der Waals surface area contributed by atoms with Gasteiger partial charge in [0.25, 0.3) is 10.0 Å². The monoisotopic (exact) mass is 500 g/mol. The summed E-state index contributed by atoms with van der Waals surface area (Å²) < 4.78 is 42.2. The van der Waals surface area contributed by atoms with Crippen LogP contribution in [0.2, 0.25) is 0 Å². The molecular formula is C12H8Br3FN2O2S. The molecule has 0 aromatic heterocycles. The Balaban J connectivity index is 2.44. The van der Waals surface area contributed by atoms with Crippen LogP contribution in [0.3, 0.4) is 0 Å². The lowest BCUT2D eigenvalue weighted by Gasteiger charge is -2.12. The van der Waals surface area contributed by atoms with Gasteiger partial charge in [-0.2, -0.15) is 0 Å². The van der Waals surface area contributed by atoms with Gasteiger partial charge in [-0.15, -0.1) is 0 Å². The maximum atomic E-state index is 13.4. The summed E-state index contributed by atoms with van der Waals surface area (Å²) in [6, 6.07) is 6.69. The summed E-state index contributed by atoms with van der Waals surface area (Å²) >= 11 is 9.82. The Morgan fingerprint density at radius 2 is 1.62 bits per heavy atom. The molecule has 0 atom stereocenters. The number of halogens is 4. The number of sulfonamides is 1. The van der Waals surface area contributed by atoms with Gasteiger partial charge < -0.3 is 5.73 Å². The molecule has 0 aliphatic heterocycles. The van der Waals surface area contributed by atoms with Crippen LogP contribution in [0, 0.1) is 5.82 Å². The highest BCUT2D eigenvalue weighted by Gasteiger charge is 2.19. The molecule has 0 radical (unpaired) electrons. The Labute approximate surface area is 146 Å². The SMILES string of the molecule is Nc1ccc(S(=O)(=O)Nc2c(Br)cc(Br)cc2Br)cc1F. The summed E-state index contributed by atoms with van der Waals surface area (Å²) in [7, 11) is -3.93. The van der Waals surface area contributed by atoms with Gasteiger partial charge in [0.1, 0.15) is 5.82 Å². The van der Waals surface area contributed by atoms with Crippen molar-refractivity contribution in [2.45, 2.75) is 4.90 Å². The number of hydrogen-bond acceptors (Lipinski definition) is 3. The fourth-order valence-electron chi connectivity index (χ4n) is 1.51. The van der Waals surface area contributed by atoms with Crippen LogP contribution in [0.25, 0.3) is 0 Å². The van der Waals surface area contributed by atoms with E-state index < -0.39 is 15.8 Å². The maximum absolute atomic E-state index is 13.4. The second-order valence-electron chi connectivity index (χ2n) is 4.03. The molecule has 0 unspecified atom stereocenters. The van der Waals surface area contributed by atoms with Gasteiger partial charge >= 0.3 is 0 Å². The Bertz CT molecular complexity index is 789. The molecule has 0 saturated carbocycles. The Kier molecular flexibility index (Phi) is 4.96. The lowest BCUT2D eigenvalue weighted by atomic mass is 10.3. The molecule has 0 amide bonds. The molecule has 0 aliphatic rings. The normalized spacial score (nSPS) is 11.4. The standard InChI is InChI=1S/C12H8Br3FN2O2S/c13-6-3-8(14)12(9(15)4-6)18-21(19,20)7-1-2-11(17)10(16)5-7/h1-5,18H,17H2. The molecule has 3 N–H and O–H groups in total. The molecule has 0 spiro atoms. The number of hydrogen-bond donors (Lipinski definition) is 2. The van der Waals surface area contributed by atoms with Gasteiger partial charge in [0.15, 0.2) is 0 Å². The fraction of sp³-hybridized carbons (Fsp3) is 0. The lowest BCUT2D eigenvalue weighted by molar-refractivity contribution is 0.596. The summed E-state index contributed by atoms with van der Waals surface area (Å²) in [6.45, 7) is 0. The van der Waals surface area contributed by atoms with Gasteiger partial charge in [-0.1, -0.05) is 15.9 Å². The largest absolute Gasteiger partial charge is 0.396 e. The summed E-state index contributed by atoms with van der Waals surface area (Å²) in [5.41, 5.74) is 5.54. The van der Waals surface area contributed by atoms with Crippen LogP contribution in [0.1, 0.15) is 0 Å². The molecule has 2 aromatic rings. The van der Waals surface area contributed by atoms with Crippen molar-refractivity contribution in [2.75, 3.05) is 10.5 Å². The van der Waals surface area contributed by atoms with E-state index >= 15 is 0 Å². The number of nitrogens with one attached hydrogen (secondary N) is 1. The van der Waals surface area contributed by atoms with Crippen molar-refractivity contribution in [3.8, 4) is 0 Å². The topological polar surface area (TPSA) is 72.2 Å². The van der Waals surface area contributed by atoms with Gasteiger partial charge in [-0.3, -0.25) is 4.72 Å². The minimum absolute atomic E-state index is 0.111. The zero-order valence-electron chi connectivity index (χ0n) is 10.2. The highest BCUT2D eigenvalue weighted by atomic mass is 79.9. The first-order chi connectivity index (χ1) is 9.70. The van der Waals surface area contributed by atoms with E-state index in [-0.39, 0.29) is 10.6 Å². The molecule has 0 bridgehead atoms. The number of rotatable bonds is 3. The molecule has 9 heteroatoms. The number of anilines is 2. The summed E-state index contributed by atoms with van der Waals surface area (Å²) in [5, 5.41) is 0. The molecule has 112 valence electrons. The smallest absolute Gasteiger partial charge is 0.262 e. The average molecular weight is 503 g/mol. The number of benzene rings is 2. The average Bonchev–Trinajstić information content (AvgIpc) is 2.37. The van der Waals surface area contributed by atoms with Gasteiger partial charge in [0.05, 0.1) is 16.3 Å². The van der Waals surface area contributed by atoms with Crippen LogP contribution >= 0.6 is 47.8 Å². The molecular weight excluding hydrogens is 495 g/mol. The Hall–Kier alpha value is -0.640. The van der Waals surface area contributed by atoms with Crippen molar-refractivity contribution in [1.82, 2.24) is 0 Å². The molecule has 0 fully saturated rings. The van der Waals surface area contributed by atoms with Crippen LogP contribution in [0.4, 0.5) is 15.8 Å². The molecule has 4 nitrogen and oxygen atoms in total. The molecule has 0 saturated heterocycles. The zero-order valence-corrected chi connectivity index (χ0v) is 15.8. The zero-order chi connectivity index (χ0) is 15.8. The minimum Gasteiger partial charge on any atom is -0.396 e. The van der Waals surface area contributed by atoms with Crippen LogP contribution in [-0.2, 0) is 10.0 Å². The van der Waals surface area contributed by atoms with Gasteiger partial charge in [0, 0.05) is 13.4 Å². The molecule has 2 rings (SSSR count). The maximum Gasteiger partial charge on any atom is 0.262 e. The van der Waals surface area contributed by atoms with Crippen LogP contribution in [-0.4, -0.2) is 8.42 Å². The van der Waals surface area contributed by atoms with Gasteiger partial charge in [0.2, 0.25) is 0 Å². The summed E-state index contributed by atoms with van der Waals surface area (Å²) in [6.07, 6.45) is 0. The van der Waals surface area contributed by atoms with Crippen molar-refractivity contribution in [2.24, 2.45) is 0 Å². The molecule has 0 aliphatic carbocycles. The second-order valence-corrected chi connectivity index (χ2v) is 8.34. The quantitative estimate of drug-likeness (QED) is 0.607. The minimum atomic E-state index is -3.93. The van der Waals surface area contributed by atoms with Crippen LogP contribution < -0.4 is 10.5 Å². The van der Waals surface area contributed by atoms with E-state index in [1.165, 1.54) is 12.1 Å². The van der Waals surface area contributed by atoms with E-state index in [1.807, 2.05) is 0 Å². The summed E-state index contributed by atoms with van der Waals surface area (Å²) in [5.74, 6) is -0.785. The van der Waals surface area contributed by atoms with E-state index in [2.05, 4.69) is 52.5 Å². The van der Waals surface area contributed by atoms with Crippen molar-refractivity contribution >= 4 is 69.2 Å². The second kappa shape index (κ2) is 6.23. The highest BCUT2D eigenvalue weighted by molar-refractivity contribution is 9.11. The molecule has 2 aromatic carbocycles. The first-order valence-electron chi connectivity index (χ1n) is 5.43. The highest BCUT2D eigenvalue weighted by Crippen LogP contribution is 2.35. The van der Waals surface area contributed by atoms with Crippen molar-refractivity contribution in [3.63, 3.8) is 0 Å². The molecule has 21 heavy (non-hydrogen) atoms. The first kappa shape index (κ1) is 16.7. The van der Waals surface area contributed by atoms with Gasteiger partial charge in [-0.25, -0.2) is 12.8 Å². The predicted molar refractivity (Wildman–Crippen MR) is 91.2 cm³/mol. The number of nitrogens with two attached hydrogens (primary N) is 1. The van der Waals surface area contributed by atoms with Gasteiger partial charge in [-0.05, 0) is 62.2 Å². The Morgan fingerprint density at radius 3 is 2.14 bits per heavy atom. The third-order valence-electron chi connectivity index (χ3n) is 2.53. The predicted octanol–water partition coefficient (Wildman–Crippen LogP) is 4.50. The van der Waals surface area contributed by atoms with Crippen molar-refractivity contribution in [1.29, 1.82) is 0 Å². The fourth-order valence-corrected chi connectivity index (χ4v) is 5.34. The van der Waals surface area contributed by atoms with Crippen molar-refractivity contribution in [3.05, 3.63) is 49.6 Å². The van der Waals surface area contributed by atoms with E-state index in [0.717, 1.165) is 10.5 Å². The van der Waals surface area contributed by atoms with E-state index in [9.17, 15) is 12.8 Å². The van der Waals surface area contributed by atoms with Crippen molar-refractivity contribution < 1.29 is 12.8 Å². The van der Waals surface area contributed by atoms with E-state index in [1.54, 1.807) is 12.1 Å². The number of nitrogen functional groups attached to an aromatic ring is 1. The van der Waals surface area contributed by atoms with Crippen LogP contribution in [0.5, 0.6) is 0 Å². The molecule has 0 heterocycles. The van der Waals surface area contributed by atoms with E-state index in [4.69, 9.17) is 5.73 Å². The lowest BCUT2D eigenvalue weighted by Crippen LogP contribution is -2.14. The third kappa shape index (κ3) is 3.77. The third-order valence-corrected chi connectivity index (χ3v) is 5.58. The Morgan fingerprint density at radius 1 is 1.05 bits per heavy atom. The first-order valence-corrected chi connectivity index (χ1v) is 9.29. The van der Waals surface area contributed by atoms with Crippen LogP contribution in [0.15, 0.2) is 48.6 Å².